The summed E-state index contributed by atoms with van der Waals surface area (Å²) in [7, 11) is 0. The summed E-state index contributed by atoms with van der Waals surface area (Å²) in [6, 6.07) is 14.5. The molecule has 2 rings (SSSR count). The van der Waals surface area contributed by atoms with Crippen LogP contribution in [-0.4, -0.2) is 11.1 Å². The maximum absolute atomic E-state index is 10.8. The van der Waals surface area contributed by atoms with Crippen molar-refractivity contribution in [3.8, 4) is 0 Å². The molecule has 0 atom stereocenters. The first-order valence-electron chi connectivity index (χ1n) is 5.91. The summed E-state index contributed by atoms with van der Waals surface area (Å²) in [5.41, 5.74) is 3.04. The van der Waals surface area contributed by atoms with E-state index in [-0.39, 0.29) is 5.56 Å². The largest absolute Gasteiger partial charge is 0.478 e. The molecule has 0 aromatic heterocycles. The zero-order valence-electron chi connectivity index (χ0n) is 10.6. The van der Waals surface area contributed by atoms with E-state index in [4.69, 9.17) is 5.11 Å². The highest BCUT2D eigenvalue weighted by Gasteiger charge is 2.02. The van der Waals surface area contributed by atoms with E-state index < -0.39 is 5.97 Å². The Hall–Kier alpha value is -2.49. The number of benzene rings is 2. The van der Waals surface area contributed by atoms with E-state index in [2.05, 4.69) is 10.2 Å². The Balaban J connectivity index is 2.04. The Morgan fingerprint density at radius 1 is 1.16 bits per heavy atom. The maximum Gasteiger partial charge on any atom is 0.335 e. The minimum atomic E-state index is -0.962. The number of azo groups is 1. The highest BCUT2D eigenvalue weighted by molar-refractivity contribution is 5.88. The van der Waals surface area contributed by atoms with Gasteiger partial charge in [0.2, 0.25) is 0 Å². The minimum absolute atomic E-state index is 0.215. The van der Waals surface area contributed by atoms with Crippen molar-refractivity contribution < 1.29 is 9.90 Å². The summed E-state index contributed by atoms with van der Waals surface area (Å²) in [4.78, 5) is 10.8. The molecule has 1 N–H and O–H groups in total. The van der Waals surface area contributed by atoms with Gasteiger partial charge in [0.05, 0.1) is 17.8 Å². The van der Waals surface area contributed by atoms with Crippen molar-refractivity contribution >= 4 is 11.7 Å². The number of aryl methyl sites for hydroxylation is 1. The van der Waals surface area contributed by atoms with Gasteiger partial charge in [0, 0.05) is 0 Å². The number of carboxylic acid groups (broad SMARTS) is 1. The van der Waals surface area contributed by atoms with Gasteiger partial charge in [0.1, 0.15) is 0 Å². The molecule has 0 heterocycles. The van der Waals surface area contributed by atoms with Gasteiger partial charge < -0.3 is 5.11 Å². The van der Waals surface area contributed by atoms with Gasteiger partial charge in [-0.15, -0.1) is 0 Å². The number of aromatic carboxylic acids is 1. The zero-order valence-corrected chi connectivity index (χ0v) is 10.6. The smallest absolute Gasteiger partial charge is 0.335 e. The Bertz CT molecular complexity index is 604. The molecule has 0 saturated heterocycles. The van der Waals surface area contributed by atoms with Crippen LogP contribution in [0.5, 0.6) is 0 Å². The number of hydrogen-bond acceptors (Lipinski definition) is 3. The van der Waals surface area contributed by atoms with Crippen LogP contribution in [0, 0.1) is 6.92 Å². The SMILES string of the molecule is Cc1ccc(CN=Nc2cccc(C(=O)O)c2)cc1. The first kappa shape index (κ1) is 13.0. The Kier molecular flexibility index (Phi) is 4.03. The minimum Gasteiger partial charge on any atom is -0.478 e. The molecule has 0 unspecified atom stereocenters. The van der Waals surface area contributed by atoms with E-state index in [9.17, 15) is 4.79 Å². The Labute approximate surface area is 111 Å². The van der Waals surface area contributed by atoms with Crippen LogP contribution in [0.1, 0.15) is 21.5 Å². The third kappa shape index (κ3) is 3.74. The van der Waals surface area contributed by atoms with Gasteiger partial charge in [0.15, 0.2) is 0 Å². The lowest BCUT2D eigenvalue weighted by atomic mass is 10.1. The average Bonchev–Trinajstić information content (AvgIpc) is 2.41. The summed E-state index contributed by atoms with van der Waals surface area (Å²) in [5, 5.41) is 17.0. The predicted octanol–water partition coefficient (Wildman–Crippen LogP) is 3.98. The topological polar surface area (TPSA) is 62.0 Å². The molecular formula is C15H14N2O2. The summed E-state index contributed by atoms with van der Waals surface area (Å²) < 4.78 is 0. The van der Waals surface area contributed by atoms with E-state index in [1.165, 1.54) is 17.7 Å². The standard InChI is InChI=1S/C15H14N2O2/c1-11-5-7-12(8-6-11)10-16-17-14-4-2-3-13(9-14)15(18)19/h2-9H,10H2,1H3,(H,18,19). The van der Waals surface area contributed by atoms with Gasteiger partial charge in [0.25, 0.3) is 0 Å². The summed E-state index contributed by atoms with van der Waals surface area (Å²) >= 11 is 0. The van der Waals surface area contributed by atoms with Crippen LogP contribution in [0.2, 0.25) is 0 Å². The molecule has 0 bridgehead atoms. The molecule has 4 heteroatoms. The van der Waals surface area contributed by atoms with Gasteiger partial charge in [-0.1, -0.05) is 35.9 Å². The van der Waals surface area contributed by atoms with Crippen molar-refractivity contribution in [2.24, 2.45) is 10.2 Å². The predicted molar refractivity (Wildman–Crippen MR) is 72.8 cm³/mol. The Morgan fingerprint density at radius 2 is 1.89 bits per heavy atom. The molecule has 4 nitrogen and oxygen atoms in total. The highest BCUT2D eigenvalue weighted by atomic mass is 16.4. The number of rotatable bonds is 4. The monoisotopic (exact) mass is 254 g/mol. The van der Waals surface area contributed by atoms with Gasteiger partial charge in [-0.3, -0.25) is 0 Å². The molecule has 2 aromatic carbocycles. The second-order valence-corrected chi connectivity index (χ2v) is 4.24. The average molecular weight is 254 g/mol. The van der Waals surface area contributed by atoms with Crippen LogP contribution in [-0.2, 0) is 6.54 Å². The van der Waals surface area contributed by atoms with Crippen LogP contribution < -0.4 is 0 Å². The van der Waals surface area contributed by atoms with E-state index in [0.717, 1.165) is 5.56 Å². The van der Waals surface area contributed by atoms with Crippen molar-refractivity contribution in [2.75, 3.05) is 0 Å². The lowest BCUT2D eigenvalue weighted by Gasteiger charge is -1.97. The molecule has 0 saturated carbocycles. The van der Waals surface area contributed by atoms with Crippen LogP contribution in [0.25, 0.3) is 0 Å². The molecule has 0 aliphatic carbocycles. The maximum atomic E-state index is 10.8. The van der Waals surface area contributed by atoms with Gasteiger partial charge in [-0.25, -0.2) is 4.79 Å². The van der Waals surface area contributed by atoms with Gasteiger partial charge >= 0.3 is 5.97 Å². The van der Waals surface area contributed by atoms with E-state index in [0.29, 0.717) is 12.2 Å². The van der Waals surface area contributed by atoms with Crippen molar-refractivity contribution in [1.82, 2.24) is 0 Å². The second kappa shape index (κ2) is 5.91. The first-order chi connectivity index (χ1) is 9.15. The molecule has 0 aliphatic heterocycles. The number of carboxylic acids is 1. The molecule has 0 radical (unpaired) electrons. The normalized spacial score (nSPS) is 10.8. The van der Waals surface area contributed by atoms with Crippen LogP contribution in [0.3, 0.4) is 0 Å². The third-order valence-corrected chi connectivity index (χ3v) is 2.65. The molecule has 0 aliphatic rings. The molecule has 96 valence electrons. The Morgan fingerprint density at radius 3 is 2.58 bits per heavy atom. The second-order valence-electron chi connectivity index (χ2n) is 4.24. The highest BCUT2D eigenvalue weighted by Crippen LogP contribution is 2.15. The summed E-state index contributed by atoms with van der Waals surface area (Å²) in [6.45, 7) is 2.51. The number of hydrogen-bond donors (Lipinski definition) is 1. The molecule has 0 amide bonds. The molecule has 2 aromatic rings. The summed E-state index contributed by atoms with van der Waals surface area (Å²) in [6.07, 6.45) is 0. The van der Waals surface area contributed by atoms with Crippen molar-refractivity contribution in [3.05, 3.63) is 65.2 Å². The fourth-order valence-electron chi connectivity index (χ4n) is 1.59. The number of carbonyl (C=O) groups is 1. The summed E-state index contributed by atoms with van der Waals surface area (Å²) in [5.74, 6) is -0.962. The quantitative estimate of drug-likeness (QED) is 0.839. The zero-order chi connectivity index (χ0) is 13.7. The van der Waals surface area contributed by atoms with Crippen molar-refractivity contribution in [3.63, 3.8) is 0 Å². The fraction of sp³-hybridized carbons (Fsp3) is 0.133. The third-order valence-electron chi connectivity index (χ3n) is 2.65. The van der Waals surface area contributed by atoms with Crippen LogP contribution >= 0.6 is 0 Å². The first-order valence-corrected chi connectivity index (χ1v) is 5.91. The van der Waals surface area contributed by atoms with Crippen LogP contribution in [0.4, 0.5) is 5.69 Å². The molecular weight excluding hydrogens is 240 g/mol. The van der Waals surface area contributed by atoms with Gasteiger partial charge in [-0.2, -0.15) is 10.2 Å². The molecule has 19 heavy (non-hydrogen) atoms. The van der Waals surface area contributed by atoms with E-state index in [1.54, 1.807) is 12.1 Å². The van der Waals surface area contributed by atoms with Crippen LogP contribution in [0.15, 0.2) is 58.8 Å². The molecule has 0 fully saturated rings. The fourth-order valence-corrected chi connectivity index (χ4v) is 1.59. The molecule has 0 spiro atoms. The van der Waals surface area contributed by atoms with E-state index >= 15 is 0 Å². The lowest BCUT2D eigenvalue weighted by molar-refractivity contribution is 0.0697. The van der Waals surface area contributed by atoms with Crippen molar-refractivity contribution in [1.29, 1.82) is 0 Å². The van der Waals surface area contributed by atoms with Crippen molar-refractivity contribution in [2.45, 2.75) is 13.5 Å². The van der Waals surface area contributed by atoms with Gasteiger partial charge in [-0.05, 0) is 30.7 Å². The van der Waals surface area contributed by atoms with E-state index in [1.807, 2.05) is 31.2 Å². The number of nitrogens with zero attached hydrogens (tertiary/aromatic N) is 2. The lowest BCUT2D eigenvalue weighted by Crippen LogP contribution is -1.94.